The molecule has 6 nitrogen and oxygen atoms in total. The number of carboxylic acid groups (broad SMARTS) is 1. The molecule has 0 amide bonds. The van der Waals surface area contributed by atoms with Crippen molar-refractivity contribution in [2.45, 2.75) is 13.0 Å². The third-order valence-corrected chi connectivity index (χ3v) is 2.85. The summed E-state index contributed by atoms with van der Waals surface area (Å²) < 4.78 is 3.10. The van der Waals surface area contributed by atoms with Crippen molar-refractivity contribution >= 4 is 11.6 Å². The summed E-state index contributed by atoms with van der Waals surface area (Å²) in [5.74, 6) is -1.11. The van der Waals surface area contributed by atoms with Gasteiger partial charge in [-0.3, -0.25) is 14.2 Å². The Hall–Kier alpha value is -2.08. The molecule has 0 aliphatic carbocycles. The number of carbonyl (C=O) groups is 1. The van der Waals surface area contributed by atoms with E-state index in [0.29, 0.717) is 11.2 Å². The molecule has 2 aromatic rings. The second-order valence-electron chi connectivity index (χ2n) is 3.99. The first kappa shape index (κ1) is 11.4. The number of nitrogens with two attached hydrogens (primary N) is 1. The van der Waals surface area contributed by atoms with Crippen LogP contribution < -0.4 is 11.3 Å². The van der Waals surface area contributed by atoms with Gasteiger partial charge in [-0.05, 0) is 12.5 Å². The van der Waals surface area contributed by atoms with Crippen LogP contribution in [-0.4, -0.2) is 20.0 Å². The van der Waals surface area contributed by atoms with Crippen molar-refractivity contribution < 1.29 is 9.90 Å². The molecule has 0 spiro atoms. The molecule has 2 heterocycles. The second kappa shape index (κ2) is 3.74. The second-order valence-corrected chi connectivity index (χ2v) is 3.99. The number of rotatable bonds is 2. The topological polar surface area (TPSA) is 89.7 Å². The van der Waals surface area contributed by atoms with E-state index in [9.17, 15) is 9.59 Å². The Balaban J connectivity index is 2.87. The summed E-state index contributed by atoms with van der Waals surface area (Å²) in [5.41, 5.74) is 7.18. The predicted molar refractivity (Wildman–Crippen MR) is 61.9 cm³/mol. The Morgan fingerprint density at radius 1 is 1.53 bits per heavy atom. The first-order valence-corrected chi connectivity index (χ1v) is 5.09. The van der Waals surface area contributed by atoms with Crippen LogP contribution >= 0.6 is 0 Å². The molecule has 0 aliphatic heterocycles. The summed E-state index contributed by atoms with van der Waals surface area (Å²) in [6.45, 7) is 1.77. The van der Waals surface area contributed by atoms with Gasteiger partial charge in [-0.1, -0.05) is 0 Å². The summed E-state index contributed by atoms with van der Waals surface area (Å²) in [5, 5.41) is 8.98. The van der Waals surface area contributed by atoms with Gasteiger partial charge in [-0.15, -0.1) is 0 Å². The molecule has 0 aliphatic rings. The zero-order chi connectivity index (χ0) is 12.7. The minimum absolute atomic E-state index is 0.200. The van der Waals surface area contributed by atoms with E-state index in [1.165, 1.54) is 10.6 Å². The number of aliphatic carboxylic acids is 1. The van der Waals surface area contributed by atoms with Gasteiger partial charge in [0.2, 0.25) is 0 Å². The van der Waals surface area contributed by atoms with E-state index in [-0.39, 0.29) is 5.56 Å². The molecule has 90 valence electrons. The molecule has 0 aromatic carbocycles. The molecule has 2 rings (SSSR count). The van der Waals surface area contributed by atoms with Gasteiger partial charge in [-0.2, -0.15) is 0 Å². The highest BCUT2D eigenvalue weighted by Gasteiger charge is 2.22. The van der Waals surface area contributed by atoms with E-state index >= 15 is 0 Å². The fraction of sp³-hybridized carbons (Fsp3) is 0.273. The number of hydrogen-bond donors (Lipinski definition) is 2. The zero-order valence-electron chi connectivity index (χ0n) is 9.54. The molecule has 17 heavy (non-hydrogen) atoms. The molecule has 0 bridgehead atoms. The first-order chi connectivity index (χ1) is 7.93. The molecule has 3 N–H and O–H groups in total. The van der Waals surface area contributed by atoms with Gasteiger partial charge in [0.05, 0.1) is 0 Å². The lowest BCUT2D eigenvalue weighted by Crippen LogP contribution is -2.24. The van der Waals surface area contributed by atoms with E-state index in [1.54, 1.807) is 30.8 Å². The highest BCUT2D eigenvalue weighted by Crippen LogP contribution is 2.22. The maximum absolute atomic E-state index is 11.5. The number of aromatic nitrogens is 2. The zero-order valence-corrected chi connectivity index (χ0v) is 9.54. The molecular formula is C11H13N3O3. The van der Waals surface area contributed by atoms with Crippen molar-refractivity contribution in [3.63, 3.8) is 0 Å². The number of aryl methyl sites for hydroxylation is 2. The van der Waals surface area contributed by atoms with E-state index in [1.807, 2.05) is 0 Å². The molecule has 1 unspecified atom stereocenters. The number of fused-ring (bicyclic) bond motifs is 1. The van der Waals surface area contributed by atoms with Crippen LogP contribution in [0.2, 0.25) is 0 Å². The van der Waals surface area contributed by atoms with Gasteiger partial charge in [0.15, 0.2) is 0 Å². The first-order valence-electron chi connectivity index (χ1n) is 5.09. The standard InChI is InChI=1S/C11H13N3O3/c1-6-5-14-4-3-7(15)13(2)10(14)8(6)9(12)11(16)17/h3-5,9H,12H2,1-2H3,(H,16,17). The minimum atomic E-state index is -1.13. The van der Waals surface area contributed by atoms with E-state index in [2.05, 4.69) is 0 Å². The van der Waals surface area contributed by atoms with Gasteiger partial charge in [-0.25, -0.2) is 0 Å². The molecule has 2 aromatic heterocycles. The van der Waals surface area contributed by atoms with Crippen LogP contribution in [-0.2, 0) is 11.8 Å². The number of nitrogens with zero attached hydrogens (tertiary/aromatic N) is 2. The Morgan fingerprint density at radius 3 is 2.76 bits per heavy atom. The van der Waals surface area contributed by atoms with Crippen molar-refractivity contribution in [1.82, 2.24) is 8.97 Å². The molecule has 0 radical (unpaired) electrons. The van der Waals surface area contributed by atoms with Crippen LogP contribution in [0.25, 0.3) is 5.65 Å². The molecule has 0 fully saturated rings. The van der Waals surface area contributed by atoms with Gasteiger partial charge in [0.1, 0.15) is 11.7 Å². The van der Waals surface area contributed by atoms with Gasteiger partial charge >= 0.3 is 5.97 Å². The van der Waals surface area contributed by atoms with Crippen LogP contribution in [0, 0.1) is 6.92 Å². The largest absolute Gasteiger partial charge is 0.480 e. The smallest absolute Gasteiger partial charge is 0.325 e. The summed E-state index contributed by atoms with van der Waals surface area (Å²) in [7, 11) is 1.59. The lowest BCUT2D eigenvalue weighted by molar-refractivity contribution is -0.138. The highest BCUT2D eigenvalue weighted by molar-refractivity contribution is 5.79. The Kier molecular flexibility index (Phi) is 2.51. The summed E-state index contributed by atoms with van der Waals surface area (Å²) in [4.78, 5) is 22.5. The summed E-state index contributed by atoms with van der Waals surface area (Å²) in [6, 6.07) is 0.288. The number of hydrogen-bond acceptors (Lipinski definition) is 3. The predicted octanol–water partition coefficient (Wildman–Crippen LogP) is 0.0308. The highest BCUT2D eigenvalue weighted by atomic mass is 16.4. The van der Waals surface area contributed by atoms with Gasteiger partial charge < -0.3 is 15.2 Å². The molecule has 6 heteroatoms. The molecule has 0 saturated carbocycles. The maximum atomic E-state index is 11.5. The van der Waals surface area contributed by atoms with Gasteiger partial charge in [0, 0.05) is 31.1 Å². The van der Waals surface area contributed by atoms with Crippen LogP contribution in [0.4, 0.5) is 0 Å². The van der Waals surface area contributed by atoms with Crippen LogP contribution in [0.1, 0.15) is 17.2 Å². The van der Waals surface area contributed by atoms with Crippen LogP contribution in [0.5, 0.6) is 0 Å². The minimum Gasteiger partial charge on any atom is -0.480 e. The van der Waals surface area contributed by atoms with Crippen molar-refractivity contribution in [3.05, 3.63) is 39.9 Å². The van der Waals surface area contributed by atoms with Crippen molar-refractivity contribution in [2.24, 2.45) is 12.8 Å². The SMILES string of the molecule is Cc1cn2ccc(=O)n(C)c2c1C(N)C(=O)O. The lowest BCUT2D eigenvalue weighted by atomic mass is 10.1. The van der Waals surface area contributed by atoms with Crippen LogP contribution in [0.15, 0.2) is 23.3 Å². The van der Waals surface area contributed by atoms with Crippen molar-refractivity contribution in [3.8, 4) is 0 Å². The van der Waals surface area contributed by atoms with E-state index in [0.717, 1.165) is 5.56 Å². The Bertz CT molecular complexity index is 654. The van der Waals surface area contributed by atoms with E-state index in [4.69, 9.17) is 10.8 Å². The van der Waals surface area contributed by atoms with Crippen LogP contribution in [0.3, 0.4) is 0 Å². The quantitative estimate of drug-likeness (QED) is 0.768. The van der Waals surface area contributed by atoms with Gasteiger partial charge in [0.25, 0.3) is 5.56 Å². The normalized spacial score (nSPS) is 12.9. The third kappa shape index (κ3) is 1.62. The molecule has 1 atom stereocenters. The summed E-state index contributed by atoms with van der Waals surface area (Å²) >= 11 is 0. The molecule has 0 saturated heterocycles. The average molecular weight is 235 g/mol. The molecular weight excluding hydrogens is 222 g/mol. The third-order valence-electron chi connectivity index (χ3n) is 2.85. The average Bonchev–Trinajstić information content (AvgIpc) is 2.60. The Labute approximate surface area is 96.9 Å². The van der Waals surface area contributed by atoms with Crippen molar-refractivity contribution in [1.29, 1.82) is 0 Å². The fourth-order valence-corrected chi connectivity index (χ4v) is 1.99. The lowest BCUT2D eigenvalue weighted by Gasteiger charge is -2.09. The van der Waals surface area contributed by atoms with E-state index < -0.39 is 12.0 Å². The fourth-order valence-electron chi connectivity index (χ4n) is 1.99. The number of carboxylic acids is 1. The monoisotopic (exact) mass is 235 g/mol. The summed E-state index contributed by atoms with van der Waals surface area (Å²) in [6.07, 6.45) is 3.36. The Morgan fingerprint density at radius 2 is 2.18 bits per heavy atom. The van der Waals surface area contributed by atoms with Crippen molar-refractivity contribution in [2.75, 3.05) is 0 Å². The maximum Gasteiger partial charge on any atom is 0.325 e.